The molecule has 3 nitrogen and oxygen atoms in total. The molecule has 2 heterocycles. The zero-order chi connectivity index (χ0) is 22.7. The molecule has 0 amide bonds. The van der Waals surface area contributed by atoms with E-state index >= 15 is 0 Å². The lowest BCUT2D eigenvalue weighted by Crippen LogP contribution is -2.21. The molecule has 0 saturated carbocycles. The summed E-state index contributed by atoms with van der Waals surface area (Å²) in [5, 5.41) is -0.243. The molecule has 0 N–H and O–H groups in total. The molecule has 4 rings (SSSR count). The van der Waals surface area contributed by atoms with Gasteiger partial charge in [0.25, 0.3) is 0 Å². The Balaban J connectivity index is 1.85. The van der Waals surface area contributed by atoms with Crippen molar-refractivity contribution in [3.63, 3.8) is 0 Å². The quantitative estimate of drug-likeness (QED) is 0.708. The smallest absolute Gasteiger partial charge is 0.124 e. The molecule has 0 bridgehead atoms. The Morgan fingerprint density at radius 1 is 1.09 bits per heavy atom. The van der Waals surface area contributed by atoms with Crippen LogP contribution in [0.25, 0.3) is 11.0 Å². The van der Waals surface area contributed by atoms with Gasteiger partial charge in [-0.1, -0.05) is 35.8 Å². The first-order chi connectivity index (χ1) is 14.4. The number of fused-ring (bicyclic) bond motifs is 1. The van der Waals surface area contributed by atoms with Gasteiger partial charge in [0.1, 0.15) is 5.82 Å². The highest BCUT2D eigenvalue weighted by molar-refractivity contribution is 6.30. The van der Waals surface area contributed by atoms with Gasteiger partial charge in [-0.25, -0.2) is 4.98 Å². The Morgan fingerprint density at radius 2 is 1.83 bits per heavy atom. The Morgan fingerprint density at radius 3 is 2.61 bits per heavy atom. The number of hydrogen-bond donors (Lipinski definition) is 0. The highest BCUT2D eigenvalue weighted by Gasteiger charge is 2.17. The molecule has 1 aliphatic heterocycles. The van der Waals surface area contributed by atoms with Crippen LogP contribution in [-0.2, 0) is 13.1 Å². The highest BCUT2D eigenvalue weighted by Crippen LogP contribution is 2.21. The van der Waals surface area contributed by atoms with Crippen molar-refractivity contribution in [3.05, 3.63) is 64.8 Å². The van der Waals surface area contributed by atoms with Gasteiger partial charge in [0.05, 0.1) is 23.1 Å². The molecule has 1 aliphatic rings. The van der Waals surface area contributed by atoms with Crippen molar-refractivity contribution in [1.29, 1.82) is 0 Å². The second-order valence-electron chi connectivity index (χ2n) is 5.30. The number of benzene rings is 2. The first-order valence-corrected chi connectivity index (χ1v) is 7.78. The van der Waals surface area contributed by atoms with E-state index in [9.17, 15) is 0 Å². The van der Waals surface area contributed by atoms with Gasteiger partial charge in [-0.2, -0.15) is 0 Å². The van der Waals surface area contributed by atoms with Crippen LogP contribution in [-0.4, -0.2) is 27.4 Å². The van der Waals surface area contributed by atoms with Gasteiger partial charge in [-0.15, -0.1) is 0 Å². The maximum Gasteiger partial charge on any atom is 0.124 e. The molecule has 0 aliphatic carbocycles. The number of halogens is 1. The minimum absolute atomic E-state index is 0.0394. The van der Waals surface area contributed by atoms with Crippen molar-refractivity contribution < 1.29 is 11.0 Å². The standard InChI is InChI=1S/C19H20ClN3/c20-16-9-7-15(8-10-16)13-23-18-6-2-1-5-17(18)21-19(23)14-22-11-3-4-12-22/h1-2,5-10H,3-4,11-14H2/i7D,8D,9D,10D,11D2,12D2. The zero-order valence-electron chi connectivity index (χ0n) is 20.4. The van der Waals surface area contributed by atoms with Gasteiger partial charge in [0.2, 0.25) is 0 Å². The molecule has 23 heavy (non-hydrogen) atoms. The van der Waals surface area contributed by atoms with Crippen LogP contribution in [0, 0.1) is 0 Å². The third-order valence-electron chi connectivity index (χ3n) is 3.73. The lowest BCUT2D eigenvalue weighted by molar-refractivity contribution is 0.318. The molecule has 1 aromatic heterocycles. The Hall–Kier alpha value is -1.84. The van der Waals surface area contributed by atoms with E-state index in [1.54, 1.807) is 28.8 Å². The normalized spacial score (nSPS) is 24.9. The lowest BCUT2D eigenvalue weighted by atomic mass is 10.2. The number of nitrogens with zero attached hydrogens (tertiary/aromatic N) is 3. The number of aromatic nitrogens is 2. The highest BCUT2D eigenvalue weighted by atomic mass is 35.5. The summed E-state index contributed by atoms with van der Waals surface area (Å²) in [5.74, 6) is 0.377. The van der Waals surface area contributed by atoms with Crippen LogP contribution in [0.15, 0.2) is 48.4 Å². The van der Waals surface area contributed by atoms with Crippen LogP contribution in [0.1, 0.15) is 35.2 Å². The van der Waals surface area contributed by atoms with Gasteiger partial charge in [0, 0.05) is 17.1 Å². The van der Waals surface area contributed by atoms with E-state index in [1.165, 1.54) is 0 Å². The number of rotatable bonds is 4. The molecular weight excluding hydrogens is 306 g/mol. The lowest BCUT2D eigenvalue weighted by Gasteiger charge is -2.16. The number of hydrogen-bond acceptors (Lipinski definition) is 2. The van der Waals surface area contributed by atoms with E-state index in [1.807, 2.05) is 0 Å². The fourth-order valence-electron chi connectivity index (χ4n) is 2.67. The van der Waals surface area contributed by atoms with E-state index in [-0.39, 0.29) is 60.7 Å². The Bertz CT molecular complexity index is 1130. The topological polar surface area (TPSA) is 21.1 Å². The molecule has 0 unspecified atom stereocenters. The summed E-state index contributed by atoms with van der Waals surface area (Å²) in [6.45, 7) is -3.82. The summed E-state index contributed by atoms with van der Waals surface area (Å²) in [7, 11) is 0. The third-order valence-corrected chi connectivity index (χ3v) is 3.91. The van der Waals surface area contributed by atoms with Crippen molar-refractivity contribution in [1.82, 2.24) is 14.5 Å². The average molecular weight is 334 g/mol. The van der Waals surface area contributed by atoms with Crippen molar-refractivity contribution in [2.45, 2.75) is 25.9 Å². The van der Waals surface area contributed by atoms with Crippen LogP contribution in [0.5, 0.6) is 0 Å². The molecule has 0 atom stereocenters. The summed E-state index contributed by atoms with van der Waals surface area (Å²) in [4.78, 5) is 5.72. The van der Waals surface area contributed by atoms with Crippen molar-refractivity contribution >= 4 is 22.6 Å². The molecule has 4 heteroatoms. The predicted octanol–water partition coefficient (Wildman–Crippen LogP) is 4.33. The summed E-state index contributed by atoms with van der Waals surface area (Å²) in [6, 6.07) is 6.03. The fraction of sp³-hybridized carbons (Fsp3) is 0.316. The molecule has 0 spiro atoms. The number of imidazole rings is 1. The molecule has 3 aromatic rings. The summed E-state index contributed by atoms with van der Waals surface area (Å²) in [6.07, 6.45) is 0.130. The predicted molar refractivity (Wildman–Crippen MR) is 94.8 cm³/mol. The van der Waals surface area contributed by atoms with Crippen LogP contribution in [0.3, 0.4) is 0 Å². The van der Waals surface area contributed by atoms with E-state index in [4.69, 9.17) is 22.6 Å². The molecule has 118 valence electrons. The van der Waals surface area contributed by atoms with Crippen LogP contribution >= 0.6 is 11.6 Å². The van der Waals surface area contributed by atoms with Crippen molar-refractivity contribution in [2.75, 3.05) is 13.0 Å². The molecule has 1 saturated heterocycles. The fourth-order valence-corrected chi connectivity index (χ4v) is 2.77. The van der Waals surface area contributed by atoms with Crippen molar-refractivity contribution in [3.8, 4) is 0 Å². The summed E-state index contributed by atoms with van der Waals surface area (Å²) >= 11 is 5.92. The van der Waals surface area contributed by atoms with E-state index in [0.717, 1.165) is 4.90 Å². The Labute approximate surface area is 152 Å². The molecule has 0 radical (unpaired) electrons. The van der Waals surface area contributed by atoms with Gasteiger partial charge in [0.15, 0.2) is 0 Å². The molecule has 2 aromatic carbocycles. The zero-order valence-corrected chi connectivity index (χ0v) is 13.1. The molecule has 1 fully saturated rings. The van der Waals surface area contributed by atoms with Crippen LogP contribution in [0.2, 0.25) is 5.02 Å². The summed E-state index contributed by atoms with van der Waals surface area (Å²) < 4.78 is 67.1. The third kappa shape index (κ3) is 3.12. The average Bonchev–Trinajstić information content (AvgIpc) is 3.17. The Kier molecular flexibility index (Phi) is 2.29. The maximum atomic E-state index is 8.27. The van der Waals surface area contributed by atoms with Crippen molar-refractivity contribution in [2.24, 2.45) is 0 Å². The maximum absolute atomic E-state index is 8.27. The van der Waals surface area contributed by atoms with Gasteiger partial charge in [-0.3, -0.25) is 4.90 Å². The largest absolute Gasteiger partial charge is 0.322 e. The van der Waals surface area contributed by atoms with Crippen LogP contribution in [0.4, 0.5) is 0 Å². The van der Waals surface area contributed by atoms with Gasteiger partial charge >= 0.3 is 0 Å². The van der Waals surface area contributed by atoms with E-state index in [2.05, 4.69) is 4.98 Å². The first kappa shape index (κ1) is 8.32. The second-order valence-corrected chi connectivity index (χ2v) is 5.68. The second kappa shape index (κ2) is 6.34. The first-order valence-electron chi connectivity index (χ1n) is 11.4. The monoisotopic (exact) mass is 333 g/mol. The molecular formula is C19H20ClN3. The van der Waals surface area contributed by atoms with Gasteiger partial charge < -0.3 is 4.57 Å². The van der Waals surface area contributed by atoms with Gasteiger partial charge in [-0.05, 0) is 55.6 Å². The van der Waals surface area contributed by atoms with E-state index < -0.39 is 13.0 Å². The minimum atomic E-state index is -1.84. The SMILES string of the molecule is [2H]c1c([2H])c(Cn2c(CN3C([2H])([2H])CCC3([2H])[2H])nc3ccccc32)c([2H])c([2H])c1Cl. The van der Waals surface area contributed by atoms with E-state index in [0.29, 0.717) is 16.9 Å². The summed E-state index contributed by atoms with van der Waals surface area (Å²) in [5.41, 5.74) is 1.42. The minimum Gasteiger partial charge on any atom is -0.322 e. The number of para-hydroxylation sites is 2. The van der Waals surface area contributed by atoms with Crippen LogP contribution < -0.4 is 0 Å². The number of likely N-dealkylation sites (tertiary alicyclic amines) is 1.